The number of amides is 1. The Balaban J connectivity index is 1.54. The van der Waals surface area contributed by atoms with Crippen LogP contribution in [-0.2, 0) is 22.7 Å². The molecule has 1 aliphatic carbocycles. The van der Waals surface area contributed by atoms with E-state index in [-0.39, 0.29) is 30.5 Å². The lowest BCUT2D eigenvalue weighted by Gasteiger charge is -2.04. The maximum atomic E-state index is 13.7. The minimum Gasteiger partial charge on any atom is -0.480 e. The zero-order valence-corrected chi connectivity index (χ0v) is 12.4. The Hall–Kier alpha value is -2.84. The van der Waals surface area contributed by atoms with Crippen molar-refractivity contribution < 1.29 is 23.5 Å². The predicted molar refractivity (Wildman–Crippen MR) is 76.7 cm³/mol. The number of aliphatic carboxylic acids is 1. The SMILES string of the molecule is O=C(O)Cn1cc(CNC(=O)C2CC2c2cccc(F)c2F)nn1. The molecule has 1 heterocycles. The maximum absolute atomic E-state index is 13.7. The van der Waals surface area contributed by atoms with Crippen LogP contribution < -0.4 is 5.32 Å². The van der Waals surface area contributed by atoms with Crippen LogP contribution in [-0.4, -0.2) is 32.0 Å². The van der Waals surface area contributed by atoms with Gasteiger partial charge in [-0.25, -0.2) is 13.5 Å². The van der Waals surface area contributed by atoms with E-state index in [2.05, 4.69) is 15.6 Å². The second kappa shape index (κ2) is 6.34. The van der Waals surface area contributed by atoms with Gasteiger partial charge in [-0.2, -0.15) is 0 Å². The third-order valence-corrected chi connectivity index (χ3v) is 3.84. The molecule has 2 N–H and O–H groups in total. The van der Waals surface area contributed by atoms with Crippen molar-refractivity contribution in [2.75, 3.05) is 0 Å². The monoisotopic (exact) mass is 336 g/mol. The van der Waals surface area contributed by atoms with E-state index in [0.717, 1.165) is 10.7 Å². The Morgan fingerprint density at radius 3 is 2.92 bits per heavy atom. The molecular weight excluding hydrogens is 322 g/mol. The molecule has 1 fully saturated rings. The zero-order valence-electron chi connectivity index (χ0n) is 12.4. The van der Waals surface area contributed by atoms with Gasteiger partial charge in [-0.15, -0.1) is 5.10 Å². The fraction of sp³-hybridized carbons (Fsp3) is 0.333. The summed E-state index contributed by atoms with van der Waals surface area (Å²) in [4.78, 5) is 22.6. The Bertz CT molecular complexity index is 793. The number of carboxylic acids is 1. The van der Waals surface area contributed by atoms with Crippen LogP contribution in [0.15, 0.2) is 24.4 Å². The first kappa shape index (κ1) is 16.0. The lowest BCUT2D eigenvalue weighted by molar-refractivity contribution is -0.138. The summed E-state index contributed by atoms with van der Waals surface area (Å²) in [6, 6.07) is 3.94. The van der Waals surface area contributed by atoms with E-state index in [9.17, 15) is 18.4 Å². The van der Waals surface area contributed by atoms with E-state index in [1.54, 1.807) is 0 Å². The minimum absolute atomic E-state index is 0.0906. The third-order valence-electron chi connectivity index (χ3n) is 3.84. The summed E-state index contributed by atoms with van der Waals surface area (Å²) < 4.78 is 28.1. The molecule has 9 heteroatoms. The number of carbonyl (C=O) groups is 2. The molecule has 0 radical (unpaired) electrons. The smallest absolute Gasteiger partial charge is 0.325 e. The molecule has 126 valence electrons. The summed E-state index contributed by atoms with van der Waals surface area (Å²) in [7, 11) is 0. The molecule has 24 heavy (non-hydrogen) atoms. The van der Waals surface area contributed by atoms with Crippen LogP contribution in [0.4, 0.5) is 8.78 Å². The number of benzene rings is 1. The van der Waals surface area contributed by atoms with Gasteiger partial charge in [-0.1, -0.05) is 17.3 Å². The van der Waals surface area contributed by atoms with Gasteiger partial charge in [0.1, 0.15) is 12.2 Å². The molecule has 3 rings (SSSR count). The fourth-order valence-electron chi connectivity index (χ4n) is 2.58. The van der Waals surface area contributed by atoms with Crippen molar-refractivity contribution in [3.63, 3.8) is 0 Å². The van der Waals surface area contributed by atoms with E-state index in [0.29, 0.717) is 12.1 Å². The molecule has 2 atom stereocenters. The van der Waals surface area contributed by atoms with Gasteiger partial charge in [-0.3, -0.25) is 9.59 Å². The first-order chi connectivity index (χ1) is 11.5. The van der Waals surface area contributed by atoms with Crippen molar-refractivity contribution >= 4 is 11.9 Å². The van der Waals surface area contributed by atoms with E-state index in [4.69, 9.17) is 5.11 Å². The third kappa shape index (κ3) is 3.39. The molecular formula is C15H14F2N4O3. The number of aromatic nitrogens is 3. The Labute approximate surface area is 135 Å². The van der Waals surface area contributed by atoms with Crippen molar-refractivity contribution in [2.24, 2.45) is 5.92 Å². The van der Waals surface area contributed by atoms with Crippen LogP contribution in [0.3, 0.4) is 0 Å². The van der Waals surface area contributed by atoms with Gasteiger partial charge in [0.15, 0.2) is 11.6 Å². The number of hydrogen-bond donors (Lipinski definition) is 2. The molecule has 1 aromatic carbocycles. The Kier molecular flexibility index (Phi) is 4.24. The number of halogens is 2. The van der Waals surface area contributed by atoms with E-state index < -0.39 is 23.5 Å². The second-order valence-electron chi connectivity index (χ2n) is 5.61. The minimum atomic E-state index is -1.05. The number of nitrogens with zero attached hydrogens (tertiary/aromatic N) is 3. The van der Waals surface area contributed by atoms with Crippen LogP contribution >= 0.6 is 0 Å². The summed E-state index contributed by atoms with van der Waals surface area (Å²) in [6.07, 6.45) is 1.88. The molecule has 1 aromatic heterocycles. The molecule has 1 aliphatic rings. The van der Waals surface area contributed by atoms with Crippen LogP contribution in [0, 0.1) is 17.6 Å². The van der Waals surface area contributed by atoms with Crippen molar-refractivity contribution in [1.29, 1.82) is 0 Å². The molecule has 0 saturated heterocycles. The summed E-state index contributed by atoms with van der Waals surface area (Å²) in [5.41, 5.74) is 0.626. The van der Waals surface area contributed by atoms with Crippen molar-refractivity contribution in [3.05, 3.63) is 47.3 Å². The predicted octanol–water partition coefficient (Wildman–Crippen LogP) is 1.06. The first-order valence-corrected chi connectivity index (χ1v) is 7.28. The average molecular weight is 336 g/mol. The Morgan fingerprint density at radius 1 is 1.38 bits per heavy atom. The van der Waals surface area contributed by atoms with E-state index in [1.807, 2.05) is 0 Å². The van der Waals surface area contributed by atoms with Gasteiger partial charge in [-0.05, 0) is 24.0 Å². The highest BCUT2D eigenvalue weighted by Gasteiger charge is 2.45. The summed E-state index contributed by atoms with van der Waals surface area (Å²) in [5, 5.41) is 18.7. The topological polar surface area (TPSA) is 97.1 Å². The molecule has 1 saturated carbocycles. The van der Waals surface area contributed by atoms with Crippen molar-refractivity contribution in [1.82, 2.24) is 20.3 Å². The largest absolute Gasteiger partial charge is 0.480 e. The highest BCUT2D eigenvalue weighted by molar-refractivity contribution is 5.82. The van der Waals surface area contributed by atoms with Gasteiger partial charge in [0.2, 0.25) is 5.91 Å². The van der Waals surface area contributed by atoms with Crippen molar-refractivity contribution in [2.45, 2.75) is 25.4 Å². The number of carbonyl (C=O) groups excluding carboxylic acids is 1. The summed E-state index contributed by atoms with van der Waals surface area (Å²) in [6.45, 7) is -0.224. The van der Waals surface area contributed by atoms with E-state index >= 15 is 0 Å². The molecule has 7 nitrogen and oxygen atoms in total. The average Bonchev–Trinajstić information content (AvgIpc) is 3.20. The molecule has 0 aliphatic heterocycles. The fourth-order valence-corrected chi connectivity index (χ4v) is 2.58. The second-order valence-corrected chi connectivity index (χ2v) is 5.61. The molecule has 1 amide bonds. The number of carboxylic acid groups (broad SMARTS) is 1. The van der Waals surface area contributed by atoms with Gasteiger partial charge >= 0.3 is 5.97 Å². The quantitative estimate of drug-likeness (QED) is 0.822. The summed E-state index contributed by atoms with van der Waals surface area (Å²) >= 11 is 0. The molecule has 0 bridgehead atoms. The van der Waals surface area contributed by atoms with Gasteiger partial charge in [0.05, 0.1) is 12.7 Å². The number of rotatable bonds is 6. The summed E-state index contributed by atoms with van der Waals surface area (Å²) in [5.74, 6) is -3.90. The standard InChI is InChI=1S/C15H14F2N4O3/c16-12-3-1-2-9(14(12)17)10-4-11(10)15(24)18-5-8-6-21(20-19-8)7-13(22)23/h1-3,6,10-11H,4-5,7H2,(H,18,24)(H,22,23). The number of nitrogens with one attached hydrogen (secondary N) is 1. The van der Waals surface area contributed by atoms with Gasteiger partial charge < -0.3 is 10.4 Å². The van der Waals surface area contributed by atoms with Crippen LogP contribution in [0.2, 0.25) is 0 Å². The highest BCUT2D eigenvalue weighted by Crippen LogP contribution is 2.48. The van der Waals surface area contributed by atoms with Crippen LogP contribution in [0.5, 0.6) is 0 Å². The lowest BCUT2D eigenvalue weighted by Crippen LogP contribution is -2.25. The van der Waals surface area contributed by atoms with Crippen LogP contribution in [0.25, 0.3) is 0 Å². The Morgan fingerprint density at radius 2 is 2.17 bits per heavy atom. The van der Waals surface area contributed by atoms with Gasteiger partial charge in [0, 0.05) is 5.92 Å². The molecule has 2 unspecified atom stereocenters. The number of hydrogen-bond acceptors (Lipinski definition) is 4. The first-order valence-electron chi connectivity index (χ1n) is 7.28. The van der Waals surface area contributed by atoms with Gasteiger partial charge in [0.25, 0.3) is 0 Å². The lowest BCUT2D eigenvalue weighted by atomic mass is 10.1. The van der Waals surface area contributed by atoms with Crippen LogP contribution in [0.1, 0.15) is 23.6 Å². The molecule has 0 spiro atoms. The van der Waals surface area contributed by atoms with Crippen molar-refractivity contribution in [3.8, 4) is 0 Å². The molecule has 2 aromatic rings. The highest BCUT2D eigenvalue weighted by atomic mass is 19.2. The van der Waals surface area contributed by atoms with E-state index in [1.165, 1.54) is 18.3 Å². The zero-order chi connectivity index (χ0) is 17.3. The normalized spacial score (nSPS) is 19.1. The maximum Gasteiger partial charge on any atom is 0.325 e.